The maximum atomic E-state index is 9.30. The quantitative estimate of drug-likeness (QED) is 0.840. The molecule has 1 aliphatic carbocycles. The van der Waals surface area contributed by atoms with E-state index in [2.05, 4.69) is 11.8 Å². The van der Waals surface area contributed by atoms with Crippen molar-refractivity contribution in [3.05, 3.63) is 24.3 Å². The van der Waals surface area contributed by atoms with Gasteiger partial charge in [-0.15, -0.1) is 0 Å². The van der Waals surface area contributed by atoms with Crippen LogP contribution >= 0.6 is 0 Å². The molecule has 16 heavy (non-hydrogen) atoms. The standard InChI is InChI=1S/C14H21NO/c1-2-15(12-6-4-3-5-7-12)13-8-10-14(16)11-9-13/h8-12,16H,2-7H2,1H3. The van der Waals surface area contributed by atoms with Gasteiger partial charge < -0.3 is 10.0 Å². The summed E-state index contributed by atoms with van der Waals surface area (Å²) in [6, 6.07) is 8.30. The normalized spacial score (nSPS) is 17.3. The van der Waals surface area contributed by atoms with E-state index < -0.39 is 0 Å². The Kier molecular flexibility index (Phi) is 3.70. The Labute approximate surface area is 97.9 Å². The molecule has 0 spiro atoms. The third-order valence-electron chi connectivity index (χ3n) is 3.54. The SMILES string of the molecule is CCN(c1ccc(O)cc1)C1CCCCC1. The van der Waals surface area contributed by atoms with Crippen molar-refractivity contribution in [3.63, 3.8) is 0 Å². The van der Waals surface area contributed by atoms with E-state index in [0.29, 0.717) is 11.8 Å². The summed E-state index contributed by atoms with van der Waals surface area (Å²) in [7, 11) is 0. The van der Waals surface area contributed by atoms with Gasteiger partial charge in [-0.1, -0.05) is 19.3 Å². The largest absolute Gasteiger partial charge is 0.508 e. The van der Waals surface area contributed by atoms with Crippen LogP contribution in [-0.4, -0.2) is 17.7 Å². The third-order valence-corrected chi connectivity index (χ3v) is 3.54. The van der Waals surface area contributed by atoms with E-state index in [9.17, 15) is 5.11 Å². The Hall–Kier alpha value is -1.18. The Morgan fingerprint density at radius 1 is 1.12 bits per heavy atom. The highest BCUT2D eigenvalue weighted by molar-refractivity contribution is 5.49. The first kappa shape index (κ1) is 11.3. The minimum atomic E-state index is 0.350. The number of rotatable bonds is 3. The number of aromatic hydroxyl groups is 1. The molecule has 2 rings (SSSR count). The monoisotopic (exact) mass is 219 g/mol. The predicted octanol–water partition coefficient (Wildman–Crippen LogP) is 3.55. The van der Waals surface area contributed by atoms with Gasteiger partial charge in [-0.25, -0.2) is 0 Å². The van der Waals surface area contributed by atoms with E-state index in [1.807, 2.05) is 12.1 Å². The minimum absolute atomic E-state index is 0.350. The average Bonchev–Trinajstić information content (AvgIpc) is 2.34. The van der Waals surface area contributed by atoms with Gasteiger partial charge in [0.1, 0.15) is 5.75 Å². The summed E-state index contributed by atoms with van der Waals surface area (Å²) in [5.74, 6) is 0.350. The molecule has 0 saturated heterocycles. The van der Waals surface area contributed by atoms with E-state index in [-0.39, 0.29) is 0 Å². The second-order valence-electron chi connectivity index (χ2n) is 4.59. The molecule has 1 fully saturated rings. The van der Waals surface area contributed by atoms with Crippen molar-refractivity contribution in [1.82, 2.24) is 0 Å². The van der Waals surface area contributed by atoms with Crippen LogP contribution in [0.2, 0.25) is 0 Å². The van der Waals surface area contributed by atoms with Crippen LogP contribution in [0.4, 0.5) is 5.69 Å². The summed E-state index contributed by atoms with van der Waals surface area (Å²) in [6.45, 7) is 3.26. The molecule has 2 heteroatoms. The number of nitrogens with zero attached hydrogens (tertiary/aromatic N) is 1. The summed E-state index contributed by atoms with van der Waals surface area (Å²) in [4.78, 5) is 2.47. The van der Waals surface area contributed by atoms with Gasteiger partial charge in [-0.2, -0.15) is 0 Å². The van der Waals surface area contributed by atoms with Crippen LogP contribution in [0.1, 0.15) is 39.0 Å². The molecule has 2 nitrogen and oxygen atoms in total. The summed E-state index contributed by atoms with van der Waals surface area (Å²) >= 11 is 0. The fourth-order valence-corrected chi connectivity index (χ4v) is 2.69. The van der Waals surface area contributed by atoms with Gasteiger partial charge >= 0.3 is 0 Å². The average molecular weight is 219 g/mol. The predicted molar refractivity (Wildman–Crippen MR) is 68.0 cm³/mol. The van der Waals surface area contributed by atoms with Crippen LogP contribution in [0.3, 0.4) is 0 Å². The molecule has 0 bridgehead atoms. The van der Waals surface area contributed by atoms with Crippen LogP contribution in [0, 0.1) is 0 Å². The molecule has 1 N–H and O–H groups in total. The molecule has 0 unspecified atom stereocenters. The van der Waals surface area contributed by atoms with Gasteiger partial charge in [0.25, 0.3) is 0 Å². The molecule has 88 valence electrons. The molecule has 1 aromatic carbocycles. The van der Waals surface area contributed by atoms with Crippen molar-refractivity contribution in [2.24, 2.45) is 0 Å². The van der Waals surface area contributed by atoms with E-state index in [1.54, 1.807) is 12.1 Å². The van der Waals surface area contributed by atoms with Crippen molar-refractivity contribution in [2.45, 2.75) is 45.1 Å². The van der Waals surface area contributed by atoms with Crippen molar-refractivity contribution in [3.8, 4) is 5.75 Å². The molecule has 0 atom stereocenters. The zero-order valence-corrected chi connectivity index (χ0v) is 10.0. The van der Waals surface area contributed by atoms with Crippen LogP contribution in [0.15, 0.2) is 24.3 Å². The molecule has 0 aliphatic heterocycles. The molecule has 0 aromatic heterocycles. The third kappa shape index (κ3) is 2.49. The molecule has 0 amide bonds. The second kappa shape index (κ2) is 5.24. The van der Waals surface area contributed by atoms with Gasteiger partial charge in [0.2, 0.25) is 0 Å². The summed E-state index contributed by atoms with van der Waals surface area (Å²) in [6.07, 6.45) is 6.74. The smallest absolute Gasteiger partial charge is 0.115 e. The van der Waals surface area contributed by atoms with Crippen molar-refractivity contribution in [2.75, 3.05) is 11.4 Å². The molecular formula is C14H21NO. The number of phenols is 1. The molecule has 1 aromatic rings. The summed E-state index contributed by atoms with van der Waals surface area (Å²) < 4.78 is 0. The van der Waals surface area contributed by atoms with E-state index in [1.165, 1.54) is 37.8 Å². The summed E-state index contributed by atoms with van der Waals surface area (Å²) in [5.41, 5.74) is 1.24. The number of anilines is 1. The molecule has 1 saturated carbocycles. The lowest BCUT2D eigenvalue weighted by molar-refractivity contribution is 0.418. The highest BCUT2D eigenvalue weighted by atomic mass is 16.3. The minimum Gasteiger partial charge on any atom is -0.508 e. The van der Waals surface area contributed by atoms with Gasteiger partial charge in [0, 0.05) is 18.3 Å². The van der Waals surface area contributed by atoms with E-state index in [4.69, 9.17) is 0 Å². The van der Waals surface area contributed by atoms with E-state index >= 15 is 0 Å². The van der Waals surface area contributed by atoms with Gasteiger partial charge in [-0.3, -0.25) is 0 Å². The fourth-order valence-electron chi connectivity index (χ4n) is 2.69. The second-order valence-corrected chi connectivity index (χ2v) is 4.59. The molecule has 0 radical (unpaired) electrons. The lowest BCUT2D eigenvalue weighted by atomic mass is 9.94. The maximum Gasteiger partial charge on any atom is 0.115 e. The Balaban J connectivity index is 2.11. The first-order valence-corrected chi connectivity index (χ1v) is 6.37. The number of benzene rings is 1. The van der Waals surface area contributed by atoms with Gasteiger partial charge in [0.15, 0.2) is 0 Å². The van der Waals surface area contributed by atoms with Crippen molar-refractivity contribution in [1.29, 1.82) is 0 Å². The zero-order chi connectivity index (χ0) is 11.4. The van der Waals surface area contributed by atoms with Crippen molar-refractivity contribution >= 4 is 5.69 Å². The lowest BCUT2D eigenvalue weighted by Crippen LogP contribution is -2.36. The molecule has 1 aliphatic rings. The molecule has 0 heterocycles. The zero-order valence-electron chi connectivity index (χ0n) is 10.0. The van der Waals surface area contributed by atoms with E-state index in [0.717, 1.165) is 6.54 Å². The number of phenolic OH excluding ortho intramolecular Hbond substituents is 1. The Morgan fingerprint density at radius 2 is 1.75 bits per heavy atom. The maximum absolute atomic E-state index is 9.30. The number of hydrogen-bond donors (Lipinski definition) is 1. The van der Waals surface area contributed by atoms with Crippen LogP contribution in [-0.2, 0) is 0 Å². The van der Waals surface area contributed by atoms with Crippen molar-refractivity contribution < 1.29 is 5.11 Å². The van der Waals surface area contributed by atoms with Gasteiger partial charge in [-0.05, 0) is 44.0 Å². The summed E-state index contributed by atoms with van der Waals surface area (Å²) in [5, 5.41) is 9.30. The van der Waals surface area contributed by atoms with Crippen LogP contribution in [0.5, 0.6) is 5.75 Å². The van der Waals surface area contributed by atoms with Crippen LogP contribution < -0.4 is 4.90 Å². The highest BCUT2D eigenvalue weighted by Gasteiger charge is 2.19. The number of hydrogen-bond acceptors (Lipinski definition) is 2. The van der Waals surface area contributed by atoms with Gasteiger partial charge in [0.05, 0.1) is 0 Å². The fraction of sp³-hybridized carbons (Fsp3) is 0.571. The highest BCUT2D eigenvalue weighted by Crippen LogP contribution is 2.28. The Bertz CT molecular complexity index is 314. The topological polar surface area (TPSA) is 23.5 Å². The molecular weight excluding hydrogens is 198 g/mol. The Morgan fingerprint density at radius 3 is 2.31 bits per heavy atom. The van der Waals surface area contributed by atoms with Crippen LogP contribution in [0.25, 0.3) is 0 Å². The first-order chi connectivity index (χ1) is 7.81. The lowest BCUT2D eigenvalue weighted by Gasteiger charge is -2.35. The first-order valence-electron chi connectivity index (χ1n) is 6.37.